The Kier molecular flexibility index (Phi) is 6.73. The lowest BCUT2D eigenvalue weighted by atomic mass is 9.94. The average Bonchev–Trinajstić information content (AvgIpc) is 2.73. The number of benzene rings is 3. The van der Waals surface area contributed by atoms with E-state index in [2.05, 4.69) is 54.8 Å². The molecule has 5 heteroatoms. The smallest absolute Gasteiger partial charge is 0.171 e. The number of ether oxygens (including phenoxy) is 2. The van der Waals surface area contributed by atoms with Crippen molar-refractivity contribution in [3.05, 3.63) is 89.0 Å². The van der Waals surface area contributed by atoms with Crippen LogP contribution in [0.25, 0.3) is 0 Å². The monoisotopic (exact) mass is 406 g/mol. The second kappa shape index (κ2) is 9.43. The number of methoxy groups -OCH3 is 2. The van der Waals surface area contributed by atoms with Gasteiger partial charge < -0.3 is 20.1 Å². The van der Waals surface area contributed by atoms with Gasteiger partial charge in [-0.15, -0.1) is 0 Å². The van der Waals surface area contributed by atoms with Gasteiger partial charge in [-0.05, 0) is 54.9 Å². The summed E-state index contributed by atoms with van der Waals surface area (Å²) < 4.78 is 10.7. The lowest BCUT2D eigenvalue weighted by molar-refractivity contribution is 0.395. The largest absolute Gasteiger partial charge is 0.497 e. The van der Waals surface area contributed by atoms with Crippen LogP contribution >= 0.6 is 12.2 Å². The Bertz CT molecular complexity index is 989. The van der Waals surface area contributed by atoms with Crippen molar-refractivity contribution in [2.75, 3.05) is 19.5 Å². The third kappa shape index (κ3) is 5.06. The van der Waals surface area contributed by atoms with Gasteiger partial charge in [0.15, 0.2) is 5.11 Å². The van der Waals surface area contributed by atoms with E-state index in [1.165, 1.54) is 16.7 Å². The van der Waals surface area contributed by atoms with Crippen molar-refractivity contribution in [1.29, 1.82) is 0 Å². The van der Waals surface area contributed by atoms with Crippen molar-refractivity contribution in [3.8, 4) is 11.5 Å². The van der Waals surface area contributed by atoms with Crippen LogP contribution < -0.4 is 20.1 Å². The normalized spacial score (nSPS) is 11.4. The molecule has 0 unspecified atom stereocenters. The Balaban J connectivity index is 1.87. The second-order valence-electron chi connectivity index (χ2n) is 6.87. The van der Waals surface area contributed by atoms with E-state index < -0.39 is 0 Å². The first-order valence-corrected chi connectivity index (χ1v) is 9.84. The van der Waals surface area contributed by atoms with Crippen molar-refractivity contribution in [1.82, 2.24) is 5.32 Å². The summed E-state index contributed by atoms with van der Waals surface area (Å²) in [5.41, 5.74) is 5.56. The van der Waals surface area contributed by atoms with Gasteiger partial charge in [0.2, 0.25) is 0 Å². The summed E-state index contributed by atoms with van der Waals surface area (Å²) in [7, 11) is 3.25. The average molecular weight is 407 g/mol. The van der Waals surface area contributed by atoms with Crippen molar-refractivity contribution in [2.24, 2.45) is 0 Å². The number of thiocarbonyl (C=S) groups is 1. The number of hydrogen-bond acceptors (Lipinski definition) is 3. The summed E-state index contributed by atoms with van der Waals surface area (Å²) in [6.45, 7) is 4.23. The molecule has 0 saturated carbocycles. The minimum Gasteiger partial charge on any atom is -0.497 e. The van der Waals surface area contributed by atoms with Crippen molar-refractivity contribution >= 4 is 23.0 Å². The molecule has 29 heavy (non-hydrogen) atoms. The molecule has 0 aliphatic carbocycles. The highest BCUT2D eigenvalue weighted by atomic mass is 32.1. The van der Waals surface area contributed by atoms with E-state index in [9.17, 15) is 0 Å². The summed E-state index contributed by atoms with van der Waals surface area (Å²) in [5.74, 6) is 1.39. The van der Waals surface area contributed by atoms with Gasteiger partial charge in [0.05, 0.1) is 25.9 Å². The molecule has 2 N–H and O–H groups in total. The molecule has 0 saturated heterocycles. The molecule has 0 amide bonds. The molecule has 3 rings (SSSR count). The number of anilines is 1. The zero-order chi connectivity index (χ0) is 20.8. The highest BCUT2D eigenvalue weighted by Crippen LogP contribution is 2.30. The summed E-state index contributed by atoms with van der Waals surface area (Å²) in [6, 6.07) is 22.3. The van der Waals surface area contributed by atoms with Crippen molar-refractivity contribution in [2.45, 2.75) is 19.9 Å². The van der Waals surface area contributed by atoms with E-state index in [1.54, 1.807) is 14.2 Å². The SMILES string of the molecule is COc1ccc(NC(=S)N[C@H](c2ccccc2)c2ccc(C)cc2C)c(OC)c1. The number of hydrogen-bond donors (Lipinski definition) is 2. The molecule has 0 heterocycles. The first-order chi connectivity index (χ1) is 14.0. The van der Waals surface area contributed by atoms with Crippen LogP contribution in [0.5, 0.6) is 11.5 Å². The van der Waals surface area contributed by atoms with Gasteiger partial charge in [-0.2, -0.15) is 0 Å². The zero-order valence-corrected chi connectivity index (χ0v) is 18.0. The van der Waals surface area contributed by atoms with Crippen LogP contribution in [-0.4, -0.2) is 19.3 Å². The minimum absolute atomic E-state index is 0.0685. The Morgan fingerprint density at radius 1 is 0.897 bits per heavy atom. The van der Waals surface area contributed by atoms with Crippen LogP contribution in [0.2, 0.25) is 0 Å². The quantitative estimate of drug-likeness (QED) is 0.537. The van der Waals surface area contributed by atoms with Gasteiger partial charge in [-0.25, -0.2) is 0 Å². The highest BCUT2D eigenvalue weighted by Gasteiger charge is 2.18. The summed E-state index contributed by atoms with van der Waals surface area (Å²) in [5, 5.41) is 7.24. The van der Waals surface area contributed by atoms with Gasteiger partial charge in [0.25, 0.3) is 0 Å². The predicted octanol–water partition coefficient (Wildman–Crippen LogP) is 5.40. The van der Waals surface area contributed by atoms with Gasteiger partial charge in [0.1, 0.15) is 11.5 Å². The fourth-order valence-corrected chi connectivity index (χ4v) is 3.55. The van der Waals surface area contributed by atoms with Crippen LogP contribution in [-0.2, 0) is 0 Å². The van der Waals surface area contributed by atoms with Crippen LogP contribution in [0.4, 0.5) is 5.69 Å². The molecule has 0 aliphatic rings. The molecule has 3 aromatic rings. The van der Waals surface area contributed by atoms with Crippen LogP contribution in [0.15, 0.2) is 66.7 Å². The van der Waals surface area contributed by atoms with E-state index in [1.807, 2.05) is 36.4 Å². The molecule has 3 aromatic carbocycles. The molecule has 0 fully saturated rings. The minimum atomic E-state index is -0.0685. The van der Waals surface area contributed by atoms with E-state index in [0.717, 1.165) is 17.0 Å². The number of nitrogens with one attached hydrogen (secondary N) is 2. The number of aryl methyl sites for hydroxylation is 2. The van der Waals surface area contributed by atoms with Gasteiger partial charge in [-0.1, -0.05) is 54.1 Å². The molecule has 0 aromatic heterocycles. The molecule has 1 atom stereocenters. The van der Waals surface area contributed by atoms with E-state index in [4.69, 9.17) is 21.7 Å². The molecular weight excluding hydrogens is 380 g/mol. The Hall–Kier alpha value is -3.05. The van der Waals surface area contributed by atoms with E-state index >= 15 is 0 Å². The first kappa shape index (κ1) is 20.7. The van der Waals surface area contributed by atoms with Gasteiger partial charge in [-0.3, -0.25) is 0 Å². The van der Waals surface area contributed by atoms with Crippen LogP contribution in [0, 0.1) is 13.8 Å². The summed E-state index contributed by atoms with van der Waals surface area (Å²) >= 11 is 5.64. The fraction of sp³-hybridized carbons (Fsp3) is 0.208. The van der Waals surface area contributed by atoms with Crippen molar-refractivity contribution in [3.63, 3.8) is 0 Å². The zero-order valence-electron chi connectivity index (χ0n) is 17.2. The Morgan fingerprint density at radius 2 is 1.66 bits per heavy atom. The van der Waals surface area contributed by atoms with Crippen LogP contribution in [0.3, 0.4) is 0 Å². The Labute approximate surface area is 177 Å². The van der Waals surface area contributed by atoms with Gasteiger partial charge >= 0.3 is 0 Å². The Morgan fingerprint density at radius 3 is 2.31 bits per heavy atom. The molecule has 0 aliphatic heterocycles. The third-order valence-corrected chi connectivity index (χ3v) is 5.02. The lowest BCUT2D eigenvalue weighted by Gasteiger charge is -2.24. The van der Waals surface area contributed by atoms with Crippen LogP contribution in [0.1, 0.15) is 28.3 Å². The predicted molar refractivity (Wildman–Crippen MR) is 123 cm³/mol. The third-order valence-electron chi connectivity index (χ3n) is 4.80. The maximum Gasteiger partial charge on any atom is 0.171 e. The molecule has 150 valence electrons. The standard InChI is InChI=1S/C24H26N2O2S/c1-16-10-12-20(17(2)14-16)23(18-8-6-5-7-9-18)26-24(29)25-21-13-11-19(27-3)15-22(21)28-4/h5-15,23H,1-4H3,(H2,25,26,29)/t23-/m1/s1. The summed E-state index contributed by atoms with van der Waals surface area (Å²) in [4.78, 5) is 0. The molecule has 4 nitrogen and oxygen atoms in total. The first-order valence-electron chi connectivity index (χ1n) is 9.43. The molecular formula is C24H26N2O2S. The molecule has 0 radical (unpaired) electrons. The van der Waals surface area contributed by atoms with E-state index in [-0.39, 0.29) is 6.04 Å². The number of rotatable bonds is 6. The maximum atomic E-state index is 5.64. The molecule has 0 bridgehead atoms. The summed E-state index contributed by atoms with van der Waals surface area (Å²) in [6.07, 6.45) is 0. The fourth-order valence-electron chi connectivity index (χ4n) is 3.33. The second-order valence-corrected chi connectivity index (χ2v) is 7.28. The lowest BCUT2D eigenvalue weighted by Crippen LogP contribution is -2.33. The maximum absolute atomic E-state index is 5.64. The topological polar surface area (TPSA) is 42.5 Å². The highest BCUT2D eigenvalue weighted by molar-refractivity contribution is 7.80. The van der Waals surface area contributed by atoms with E-state index in [0.29, 0.717) is 10.9 Å². The van der Waals surface area contributed by atoms with Crippen molar-refractivity contribution < 1.29 is 9.47 Å². The molecule has 0 spiro atoms. The van der Waals surface area contributed by atoms with Gasteiger partial charge in [0, 0.05) is 6.07 Å².